The van der Waals surface area contributed by atoms with E-state index in [0.29, 0.717) is 0 Å². The van der Waals surface area contributed by atoms with E-state index in [0.717, 1.165) is 4.57 Å². The highest BCUT2D eigenvalue weighted by atomic mass is 31.2. The highest BCUT2D eigenvalue weighted by molar-refractivity contribution is 7.53. The van der Waals surface area contributed by atoms with Crippen LogP contribution in [0.3, 0.4) is 0 Å². The summed E-state index contributed by atoms with van der Waals surface area (Å²) < 4.78 is 35.2. The van der Waals surface area contributed by atoms with Crippen LogP contribution in [0.2, 0.25) is 0 Å². The molecule has 0 aromatic carbocycles. The van der Waals surface area contributed by atoms with Crippen molar-refractivity contribution in [2.75, 3.05) is 25.3 Å². The third-order valence-corrected chi connectivity index (χ3v) is 5.33. The smallest absolute Gasteiger partial charge is 0.356 e. The van der Waals surface area contributed by atoms with E-state index in [1.807, 2.05) is 0 Å². The lowest BCUT2D eigenvalue weighted by Crippen LogP contribution is -2.33. The summed E-state index contributed by atoms with van der Waals surface area (Å²) in [4.78, 5) is 15.5. The molecular weight excluding hydrogens is 353 g/mol. The first kappa shape index (κ1) is 20.0. The first-order chi connectivity index (χ1) is 11.7. The molecule has 1 aromatic rings. The Morgan fingerprint density at radius 3 is 2.68 bits per heavy atom. The fourth-order valence-corrected chi connectivity index (χ4v) is 3.98. The van der Waals surface area contributed by atoms with Gasteiger partial charge in [0.15, 0.2) is 18.4 Å². The van der Waals surface area contributed by atoms with Crippen LogP contribution in [0.1, 0.15) is 33.4 Å². The van der Waals surface area contributed by atoms with Gasteiger partial charge in [-0.05, 0) is 26.8 Å². The summed E-state index contributed by atoms with van der Waals surface area (Å²) in [5.74, 6) is -1.20. The summed E-state index contributed by atoms with van der Waals surface area (Å²) in [7, 11) is -3.42. The minimum Gasteiger partial charge on any atom is -0.388 e. The van der Waals surface area contributed by atoms with E-state index in [1.54, 1.807) is 20.8 Å². The molecule has 2 rings (SSSR count). The van der Waals surface area contributed by atoms with Gasteiger partial charge in [0, 0.05) is 12.6 Å². The lowest BCUT2D eigenvalue weighted by Gasteiger charge is -2.27. The van der Waals surface area contributed by atoms with Crippen molar-refractivity contribution in [3.05, 3.63) is 22.7 Å². The van der Waals surface area contributed by atoms with Crippen LogP contribution < -0.4 is 11.4 Å². The van der Waals surface area contributed by atoms with Crippen LogP contribution in [0.5, 0.6) is 0 Å². The maximum Gasteiger partial charge on any atom is 0.356 e. The number of nitrogen functional groups attached to an aromatic ring is 1. The number of ether oxygens (including phenoxy) is 2. The molecule has 2 heterocycles. The molecule has 1 fully saturated rings. The van der Waals surface area contributed by atoms with Crippen LogP contribution in [0.4, 0.5) is 5.82 Å². The zero-order chi connectivity index (χ0) is 18.7. The van der Waals surface area contributed by atoms with Gasteiger partial charge >= 0.3 is 13.3 Å². The van der Waals surface area contributed by atoms with Crippen molar-refractivity contribution >= 4 is 13.4 Å². The van der Waals surface area contributed by atoms with Gasteiger partial charge in [0.1, 0.15) is 11.9 Å². The van der Waals surface area contributed by atoms with E-state index in [9.17, 15) is 14.5 Å². The maximum absolute atomic E-state index is 12.5. The van der Waals surface area contributed by atoms with Crippen molar-refractivity contribution in [3.63, 3.8) is 0 Å². The number of hydrogen-bond donors (Lipinski definition) is 2. The Balaban J connectivity index is 2.10. The molecule has 11 heteroatoms. The molecule has 10 nitrogen and oxygen atoms in total. The number of nitrogens with zero attached hydrogens (tertiary/aromatic N) is 2. The second-order valence-corrected chi connectivity index (χ2v) is 7.67. The zero-order valence-corrected chi connectivity index (χ0v) is 15.3. The van der Waals surface area contributed by atoms with Crippen LogP contribution in [-0.4, -0.2) is 46.1 Å². The van der Waals surface area contributed by atoms with E-state index < -0.39 is 31.4 Å². The summed E-state index contributed by atoms with van der Waals surface area (Å²) in [6, 6.07) is 1.42. The van der Waals surface area contributed by atoms with Gasteiger partial charge < -0.3 is 29.4 Å². The summed E-state index contributed by atoms with van der Waals surface area (Å²) in [6.45, 7) is 5.37. The number of aliphatic hydroxyl groups is 1. The van der Waals surface area contributed by atoms with Crippen molar-refractivity contribution in [1.82, 2.24) is 9.55 Å². The van der Waals surface area contributed by atoms with Gasteiger partial charge in [-0.25, -0.2) is 4.79 Å². The molecule has 0 aliphatic carbocycles. The predicted molar refractivity (Wildman–Crippen MR) is 88.9 cm³/mol. The van der Waals surface area contributed by atoms with E-state index in [4.69, 9.17) is 24.3 Å². The topological polar surface area (TPSA) is 135 Å². The van der Waals surface area contributed by atoms with Crippen molar-refractivity contribution < 1.29 is 28.2 Å². The van der Waals surface area contributed by atoms with Crippen LogP contribution in [0, 0.1) is 0 Å². The van der Waals surface area contributed by atoms with Gasteiger partial charge in [-0.3, -0.25) is 9.13 Å². The maximum atomic E-state index is 12.5. The number of hydrogen-bond acceptors (Lipinski definition) is 9. The van der Waals surface area contributed by atoms with Crippen LogP contribution in [0.15, 0.2) is 17.1 Å². The van der Waals surface area contributed by atoms with Gasteiger partial charge in [0.05, 0.1) is 13.2 Å². The standard InChI is InChI=1S/C14H24N3O7P/c1-4-22-25(20,23-5-2)9-21-14(3)8-10(18)12(24-14)17-7-6-11(15)16-13(17)19/h6-7,10,12,18H,4-5,8-9H2,1-3H3,(H2,15,16,19)/t10-,12-,14+/m1/s1. The Morgan fingerprint density at radius 1 is 1.48 bits per heavy atom. The number of aromatic nitrogens is 2. The molecule has 3 atom stereocenters. The van der Waals surface area contributed by atoms with Gasteiger partial charge in [0.2, 0.25) is 0 Å². The fourth-order valence-electron chi connectivity index (χ4n) is 2.54. The Labute approximate surface area is 145 Å². The van der Waals surface area contributed by atoms with E-state index in [1.165, 1.54) is 12.3 Å². The lowest BCUT2D eigenvalue weighted by molar-refractivity contribution is -0.222. The van der Waals surface area contributed by atoms with Crippen molar-refractivity contribution in [1.29, 1.82) is 0 Å². The number of aliphatic hydroxyl groups excluding tert-OH is 1. The van der Waals surface area contributed by atoms with E-state index >= 15 is 0 Å². The molecule has 0 amide bonds. The lowest BCUT2D eigenvalue weighted by atomic mass is 10.1. The molecule has 0 bridgehead atoms. The molecule has 3 N–H and O–H groups in total. The molecule has 142 valence electrons. The van der Waals surface area contributed by atoms with Gasteiger partial charge in [-0.1, -0.05) is 0 Å². The van der Waals surface area contributed by atoms with Crippen LogP contribution in [-0.2, 0) is 23.1 Å². The second kappa shape index (κ2) is 7.94. The van der Waals surface area contributed by atoms with Crippen molar-refractivity contribution in [2.45, 2.75) is 45.3 Å². The Morgan fingerprint density at radius 2 is 2.12 bits per heavy atom. The normalized spacial score (nSPS) is 26.9. The average Bonchev–Trinajstić information content (AvgIpc) is 2.82. The van der Waals surface area contributed by atoms with Crippen LogP contribution >= 0.6 is 7.60 Å². The highest BCUT2D eigenvalue weighted by Gasteiger charge is 2.46. The number of nitrogens with two attached hydrogens (primary N) is 1. The summed E-state index contributed by atoms with van der Waals surface area (Å²) in [5, 5.41) is 10.3. The Hall–Kier alpha value is -1.29. The fraction of sp³-hybridized carbons (Fsp3) is 0.714. The molecular formula is C14H24N3O7P. The van der Waals surface area contributed by atoms with Crippen LogP contribution in [0.25, 0.3) is 0 Å². The molecule has 1 saturated heterocycles. The van der Waals surface area contributed by atoms with Gasteiger partial charge in [0.25, 0.3) is 0 Å². The summed E-state index contributed by atoms with van der Waals surface area (Å²) in [5.41, 5.74) is 4.80. The summed E-state index contributed by atoms with van der Waals surface area (Å²) in [6.07, 6.45) is -0.905. The second-order valence-electron chi connectivity index (χ2n) is 5.68. The highest BCUT2D eigenvalue weighted by Crippen LogP contribution is 2.50. The zero-order valence-electron chi connectivity index (χ0n) is 14.5. The molecule has 0 saturated carbocycles. The third kappa shape index (κ3) is 4.87. The monoisotopic (exact) mass is 377 g/mol. The van der Waals surface area contributed by atoms with Crippen molar-refractivity contribution in [2.24, 2.45) is 0 Å². The number of anilines is 1. The first-order valence-corrected chi connectivity index (χ1v) is 9.67. The Bertz CT molecular complexity index is 687. The minimum atomic E-state index is -3.42. The van der Waals surface area contributed by atoms with Gasteiger partial charge in [-0.15, -0.1) is 0 Å². The molecule has 25 heavy (non-hydrogen) atoms. The molecule has 0 spiro atoms. The minimum absolute atomic E-state index is 0.0622. The molecule has 1 aliphatic rings. The van der Waals surface area contributed by atoms with E-state index in [-0.39, 0.29) is 31.8 Å². The van der Waals surface area contributed by atoms with E-state index in [2.05, 4.69) is 4.98 Å². The molecule has 0 radical (unpaired) electrons. The predicted octanol–water partition coefficient (Wildman–Crippen LogP) is 1.06. The number of rotatable bonds is 8. The van der Waals surface area contributed by atoms with Gasteiger partial charge in [-0.2, -0.15) is 4.98 Å². The van der Waals surface area contributed by atoms with Crippen molar-refractivity contribution in [3.8, 4) is 0 Å². The average molecular weight is 377 g/mol. The largest absolute Gasteiger partial charge is 0.388 e. The molecule has 0 unspecified atom stereocenters. The molecule has 1 aromatic heterocycles. The SMILES string of the molecule is CCOP(=O)(CO[C@]1(C)C[C@@H](O)[C@H](n2ccc(N)nc2=O)O1)OCC. The Kier molecular flexibility index (Phi) is 6.36. The first-order valence-electron chi connectivity index (χ1n) is 7.94. The summed E-state index contributed by atoms with van der Waals surface area (Å²) >= 11 is 0. The molecule has 1 aliphatic heterocycles. The third-order valence-electron chi connectivity index (χ3n) is 3.58. The quantitative estimate of drug-likeness (QED) is 0.637.